The number of rotatable bonds is 9. The SMILES string of the molecule is CCN(CC)CCN(C(=O)c1ccccc1S(C)(=O)=O)c1nc2c(SC)cccc2s1.Cl. The van der Waals surface area contributed by atoms with Gasteiger partial charge in [-0.2, -0.15) is 0 Å². The second-order valence-electron chi connectivity index (χ2n) is 7.06. The quantitative estimate of drug-likeness (QED) is 0.381. The molecule has 3 aromatic rings. The third-order valence-corrected chi connectivity index (χ3v) is 8.09. The van der Waals surface area contributed by atoms with E-state index in [1.807, 2.05) is 24.5 Å². The van der Waals surface area contributed by atoms with E-state index >= 15 is 0 Å². The minimum Gasteiger partial charge on any atom is -0.302 e. The lowest BCUT2D eigenvalue weighted by atomic mass is 10.2. The number of hydrogen-bond acceptors (Lipinski definition) is 7. The number of thiazole rings is 1. The highest BCUT2D eigenvalue weighted by atomic mass is 35.5. The molecule has 6 nitrogen and oxygen atoms in total. The van der Waals surface area contributed by atoms with Gasteiger partial charge in [-0.15, -0.1) is 24.2 Å². The zero-order valence-corrected chi connectivity index (χ0v) is 21.8. The Hall–Kier alpha value is -1.65. The summed E-state index contributed by atoms with van der Waals surface area (Å²) in [6.07, 6.45) is 3.13. The molecule has 1 amide bonds. The summed E-state index contributed by atoms with van der Waals surface area (Å²) in [4.78, 5) is 23.4. The lowest BCUT2D eigenvalue weighted by Crippen LogP contribution is -2.39. The summed E-state index contributed by atoms with van der Waals surface area (Å²) in [6, 6.07) is 12.4. The minimum absolute atomic E-state index is 0. The molecule has 1 aromatic heterocycles. The first kappa shape index (κ1) is 26.6. The van der Waals surface area contributed by atoms with E-state index in [1.165, 1.54) is 17.4 Å². The molecule has 0 radical (unpaired) electrons. The molecule has 32 heavy (non-hydrogen) atoms. The van der Waals surface area contributed by atoms with Crippen molar-refractivity contribution < 1.29 is 13.2 Å². The number of nitrogens with zero attached hydrogens (tertiary/aromatic N) is 3. The normalized spacial score (nSPS) is 11.5. The Labute approximate surface area is 204 Å². The van der Waals surface area contributed by atoms with E-state index in [4.69, 9.17) is 4.98 Å². The minimum atomic E-state index is -3.55. The number of carbonyl (C=O) groups excluding carboxylic acids is 1. The van der Waals surface area contributed by atoms with Crippen molar-refractivity contribution in [3.63, 3.8) is 0 Å². The number of anilines is 1. The first-order valence-electron chi connectivity index (χ1n) is 10.1. The van der Waals surface area contributed by atoms with Gasteiger partial charge in [0.15, 0.2) is 15.0 Å². The predicted molar refractivity (Wildman–Crippen MR) is 138 cm³/mol. The number of hydrogen-bond donors (Lipinski definition) is 0. The maximum Gasteiger partial charge on any atom is 0.261 e. The number of sulfone groups is 1. The number of thioether (sulfide) groups is 1. The summed E-state index contributed by atoms with van der Waals surface area (Å²) in [5, 5.41) is 0.581. The second kappa shape index (κ2) is 11.5. The van der Waals surface area contributed by atoms with Gasteiger partial charge in [0.25, 0.3) is 5.91 Å². The van der Waals surface area contributed by atoms with E-state index in [9.17, 15) is 13.2 Å². The van der Waals surface area contributed by atoms with Gasteiger partial charge in [-0.1, -0.05) is 43.4 Å². The Morgan fingerprint density at radius 1 is 1.06 bits per heavy atom. The van der Waals surface area contributed by atoms with E-state index in [0.29, 0.717) is 18.2 Å². The van der Waals surface area contributed by atoms with Gasteiger partial charge in [0, 0.05) is 24.2 Å². The Balaban J connectivity index is 0.00000363. The Morgan fingerprint density at radius 2 is 1.75 bits per heavy atom. The van der Waals surface area contributed by atoms with Crippen LogP contribution in [0.1, 0.15) is 24.2 Å². The molecule has 3 rings (SSSR count). The van der Waals surface area contributed by atoms with Gasteiger partial charge in [0.1, 0.15) is 0 Å². The highest BCUT2D eigenvalue weighted by Crippen LogP contribution is 2.35. The summed E-state index contributed by atoms with van der Waals surface area (Å²) < 4.78 is 25.6. The van der Waals surface area contributed by atoms with Gasteiger partial charge in [-0.05, 0) is 43.6 Å². The maximum absolute atomic E-state index is 13.6. The van der Waals surface area contributed by atoms with Crippen LogP contribution in [0.3, 0.4) is 0 Å². The van der Waals surface area contributed by atoms with Crippen LogP contribution in [0.2, 0.25) is 0 Å². The average molecular weight is 514 g/mol. The molecule has 10 heteroatoms. The fourth-order valence-electron chi connectivity index (χ4n) is 3.37. The van der Waals surface area contributed by atoms with Crippen LogP contribution >= 0.6 is 35.5 Å². The lowest BCUT2D eigenvalue weighted by molar-refractivity contribution is 0.0980. The molecule has 0 spiro atoms. The van der Waals surface area contributed by atoms with Crippen molar-refractivity contribution in [2.45, 2.75) is 23.6 Å². The summed E-state index contributed by atoms with van der Waals surface area (Å²) in [5.74, 6) is -0.349. The fraction of sp³-hybridized carbons (Fsp3) is 0.364. The van der Waals surface area contributed by atoms with Crippen molar-refractivity contribution in [2.75, 3.05) is 43.6 Å². The van der Waals surface area contributed by atoms with Crippen LogP contribution in [0.5, 0.6) is 0 Å². The van der Waals surface area contributed by atoms with Crippen molar-refractivity contribution in [1.82, 2.24) is 9.88 Å². The second-order valence-corrected chi connectivity index (χ2v) is 10.9. The van der Waals surface area contributed by atoms with Crippen molar-refractivity contribution >= 4 is 66.6 Å². The van der Waals surface area contributed by atoms with Gasteiger partial charge < -0.3 is 4.90 Å². The fourth-order valence-corrected chi connectivity index (χ4v) is 5.89. The summed E-state index contributed by atoms with van der Waals surface area (Å²) in [7, 11) is -3.55. The number of amides is 1. The molecule has 0 atom stereocenters. The highest BCUT2D eigenvalue weighted by Gasteiger charge is 2.26. The Kier molecular flexibility index (Phi) is 9.53. The van der Waals surface area contributed by atoms with Gasteiger partial charge >= 0.3 is 0 Å². The lowest BCUT2D eigenvalue weighted by Gasteiger charge is -2.25. The molecule has 2 aromatic carbocycles. The van der Waals surface area contributed by atoms with Crippen LogP contribution in [0.15, 0.2) is 52.3 Å². The van der Waals surface area contributed by atoms with Crippen LogP contribution in [0, 0.1) is 0 Å². The van der Waals surface area contributed by atoms with E-state index in [-0.39, 0.29) is 28.8 Å². The molecule has 0 N–H and O–H groups in total. The number of carbonyl (C=O) groups is 1. The summed E-state index contributed by atoms with van der Waals surface area (Å²) in [6.45, 7) is 7.00. The number of para-hydroxylation sites is 1. The van der Waals surface area contributed by atoms with Crippen LogP contribution in [0.25, 0.3) is 10.2 Å². The van der Waals surface area contributed by atoms with Crippen molar-refractivity contribution in [1.29, 1.82) is 0 Å². The monoisotopic (exact) mass is 513 g/mol. The maximum atomic E-state index is 13.6. The zero-order valence-electron chi connectivity index (χ0n) is 18.6. The molecule has 1 heterocycles. The molecule has 0 aliphatic heterocycles. The molecule has 0 fully saturated rings. The largest absolute Gasteiger partial charge is 0.302 e. The molecule has 0 aliphatic carbocycles. The van der Waals surface area contributed by atoms with Crippen LogP contribution in [-0.2, 0) is 9.84 Å². The number of halogens is 1. The van der Waals surface area contributed by atoms with E-state index in [1.54, 1.807) is 34.9 Å². The number of benzene rings is 2. The topological polar surface area (TPSA) is 70.6 Å². The zero-order chi connectivity index (χ0) is 22.6. The molecule has 0 bridgehead atoms. The number of likely N-dealkylation sites (N-methyl/N-ethyl adjacent to an activating group) is 1. The molecule has 0 saturated heterocycles. The first-order chi connectivity index (χ1) is 14.8. The van der Waals surface area contributed by atoms with Crippen LogP contribution < -0.4 is 4.90 Å². The third kappa shape index (κ3) is 5.82. The smallest absolute Gasteiger partial charge is 0.261 e. The van der Waals surface area contributed by atoms with Crippen molar-refractivity contribution in [3.05, 3.63) is 48.0 Å². The third-order valence-electron chi connectivity index (χ3n) is 5.12. The molecule has 0 aliphatic rings. The molecule has 174 valence electrons. The van der Waals surface area contributed by atoms with Crippen molar-refractivity contribution in [3.8, 4) is 0 Å². The molecular weight excluding hydrogens is 486 g/mol. The first-order valence-corrected chi connectivity index (χ1v) is 14.0. The average Bonchev–Trinajstić information content (AvgIpc) is 3.19. The molecule has 0 saturated carbocycles. The van der Waals surface area contributed by atoms with Crippen LogP contribution in [0.4, 0.5) is 5.13 Å². The van der Waals surface area contributed by atoms with E-state index < -0.39 is 9.84 Å². The van der Waals surface area contributed by atoms with Crippen LogP contribution in [-0.4, -0.2) is 62.9 Å². The number of aromatic nitrogens is 1. The standard InChI is InChI=1S/C22H27N3O3S3.ClH/c1-5-24(6-2)14-15-25(21(26)16-10-7-8-13-19(16)31(4,27)28)22-23-20-17(29-3)11-9-12-18(20)30-22;/h7-13H,5-6,14-15H2,1-4H3;1H. The Morgan fingerprint density at radius 3 is 2.38 bits per heavy atom. The van der Waals surface area contributed by atoms with Crippen molar-refractivity contribution in [2.24, 2.45) is 0 Å². The molecular formula is C22H28ClN3O3S3. The summed E-state index contributed by atoms with van der Waals surface area (Å²) in [5.41, 5.74) is 1.04. The highest BCUT2D eigenvalue weighted by molar-refractivity contribution is 7.98. The molecule has 0 unspecified atom stereocenters. The Bertz CT molecular complexity index is 1180. The van der Waals surface area contributed by atoms with Gasteiger partial charge in [-0.3, -0.25) is 9.69 Å². The van der Waals surface area contributed by atoms with Gasteiger partial charge in [0.05, 0.1) is 20.7 Å². The predicted octanol–water partition coefficient (Wildman–Crippen LogP) is 4.83. The number of fused-ring (bicyclic) bond motifs is 1. The van der Waals surface area contributed by atoms with E-state index in [2.05, 4.69) is 18.7 Å². The summed E-state index contributed by atoms with van der Waals surface area (Å²) >= 11 is 3.06. The van der Waals surface area contributed by atoms with Gasteiger partial charge in [0.2, 0.25) is 0 Å². The van der Waals surface area contributed by atoms with Gasteiger partial charge in [-0.25, -0.2) is 13.4 Å². The van der Waals surface area contributed by atoms with E-state index in [0.717, 1.165) is 34.5 Å².